The van der Waals surface area contributed by atoms with Gasteiger partial charge in [-0.25, -0.2) is 0 Å². The van der Waals surface area contributed by atoms with Crippen LogP contribution in [0.5, 0.6) is 0 Å². The van der Waals surface area contributed by atoms with E-state index in [1.807, 2.05) is 50.7 Å². The first kappa shape index (κ1) is 12.1. The number of rotatable bonds is 5. The number of benzene rings is 1. The van der Waals surface area contributed by atoms with Crippen molar-refractivity contribution in [1.82, 2.24) is 0 Å². The Morgan fingerprint density at radius 1 is 1.31 bits per heavy atom. The van der Waals surface area contributed by atoms with Gasteiger partial charge in [-0.05, 0) is 25.1 Å². The third-order valence-electron chi connectivity index (χ3n) is 1.70. The number of para-hydroxylation sites is 1. The Labute approximate surface area is 97.4 Å². The lowest BCUT2D eigenvalue weighted by Gasteiger charge is -1.98. The highest BCUT2D eigenvalue weighted by atomic mass is 14.7. The summed E-state index contributed by atoms with van der Waals surface area (Å²) in [4.78, 5) is 3.97. The summed E-state index contributed by atoms with van der Waals surface area (Å²) < 4.78 is 0. The second kappa shape index (κ2) is 8.33. The van der Waals surface area contributed by atoms with Crippen molar-refractivity contribution in [3.8, 4) is 0 Å². The largest absolute Gasteiger partial charge is 0.428 e. The van der Waals surface area contributed by atoms with Crippen LogP contribution < -0.4 is 5.23 Å². The van der Waals surface area contributed by atoms with Gasteiger partial charge in [-0.1, -0.05) is 30.3 Å². The van der Waals surface area contributed by atoms with Crippen molar-refractivity contribution in [2.75, 3.05) is 5.23 Å². The predicted molar refractivity (Wildman–Crippen MR) is 71.8 cm³/mol. The molecule has 3 heteroatoms. The second-order valence-electron chi connectivity index (χ2n) is 2.96. The summed E-state index contributed by atoms with van der Waals surface area (Å²) >= 11 is 0. The van der Waals surface area contributed by atoms with Crippen molar-refractivity contribution >= 4 is 19.3 Å². The van der Waals surface area contributed by atoms with Gasteiger partial charge in [-0.15, -0.1) is 5.73 Å². The van der Waals surface area contributed by atoms with Gasteiger partial charge in [0.2, 0.25) is 0 Å². The number of anilines is 1. The van der Waals surface area contributed by atoms with Crippen LogP contribution >= 0.6 is 0 Å². The van der Waals surface area contributed by atoms with Gasteiger partial charge in [0.1, 0.15) is 0 Å². The number of allylic oxidation sites excluding steroid dienone is 2. The molecule has 0 bridgehead atoms. The molecule has 1 aromatic rings. The molecule has 1 N–H and O–H groups in total. The van der Waals surface area contributed by atoms with E-state index in [0.717, 1.165) is 5.69 Å². The Kier molecular flexibility index (Phi) is 6.30. The quantitative estimate of drug-likeness (QED) is 0.450. The second-order valence-corrected chi connectivity index (χ2v) is 2.96. The molecule has 0 spiro atoms. The molecule has 2 nitrogen and oxygen atoms in total. The molecule has 0 saturated heterocycles. The van der Waals surface area contributed by atoms with Crippen LogP contribution in [-0.2, 0) is 0 Å². The van der Waals surface area contributed by atoms with E-state index in [1.165, 1.54) is 0 Å². The van der Waals surface area contributed by atoms with Crippen molar-refractivity contribution in [1.29, 1.82) is 0 Å². The number of nitrogens with zero attached hydrogens (tertiary/aromatic N) is 1. The average molecular weight is 209 g/mol. The fourth-order valence-electron chi connectivity index (χ4n) is 0.998. The molecule has 79 valence electrons. The fraction of sp³-hybridized carbons (Fsp3) is 0.0769. The summed E-state index contributed by atoms with van der Waals surface area (Å²) in [6.07, 6.45) is 7.04. The lowest BCUT2D eigenvalue weighted by molar-refractivity contribution is 1.55. The van der Waals surface area contributed by atoms with Gasteiger partial charge in [0.15, 0.2) is 0 Å². The highest BCUT2D eigenvalue weighted by Gasteiger charge is 1.86. The molecule has 0 aliphatic heterocycles. The Morgan fingerprint density at radius 2 is 2.12 bits per heavy atom. The SMILES string of the molecule is C/C=C\N=CC=C=C[B]Nc1ccccc1. The molecule has 0 saturated carbocycles. The minimum absolute atomic E-state index is 1.06. The van der Waals surface area contributed by atoms with Crippen LogP contribution in [-0.4, -0.2) is 13.6 Å². The summed E-state index contributed by atoms with van der Waals surface area (Å²) in [5.41, 5.74) is 4.02. The predicted octanol–water partition coefficient (Wildman–Crippen LogP) is 2.99. The van der Waals surface area contributed by atoms with Crippen molar-refractivity contribution in [3.05, 3.63) is 60.4 Å². The van der Waals surface area contributed by atoms with Crippen LogP contribution in [0.3, 0.4) is 0 Å². The Hall–Kier alpha value is -1.99. The van der Waals surface area contributed by atoms with E-state index in [0.29, 0.717) is 0 Å². The van der Waals surface area contributed by atoms with Gasteiger partial charge in [0, 0.05) is 18.1 Å². The highest BCUT2D eigenvalue weighted by Crippen LogP contribution is 2.02. The third-order valence-corrected chi connectivity index (χ3v) is 1.70. The summed E-state index contributed by atoms with van der Waals surface area (Å²) in [6, 6.07) is 9.96. The number of hydrogen-bond acceptors (Lipinski definition) is 2. The molecule has 16 heavy (non-hydrogen) atoms. The first-order valence-corrected chi connectivity index (χ1v) is 5.12. The topological polar surface area (TPSA) is 24.4 Å². The normalized spacial score (nSPS) is 10.1. The van der Waals surface area contributed by atoms with Gasteiger partial charge < -0.3 is 5.23 Å². The Balaban J connectivity index is 2.27. The fourth-order valence-corrected chi connectivity index (χ4v) is 0.998. The van der Waals surface area contributed by atoms with Crippen LogP contribution in [0.4, 0.5) is 5.69 Å². The zero-order chi connectivity index (χ0) is 11.5. The van der Waals surface area contributed by atoms with Gasteiger partial charge in [-0.2, -0.15) is 0 Å². The summed E-state index contributed by atoms with van der Waals surface area (Å²) in [5, 5.41) is 3.13. The molecule has 0 atom stereocenters. The molecule has 0 aliphatic rings. The minimum atomic E-state index is 1.06. The molecular weight excluding hydrogens is 195 g/mol. The molecule has 0 fully saturated rings. The first-order chi connectivity index (χ1) is 7.93. The van der Waals surface area contributed by atoms with E-state index in [9.17, 15) is 0 Å². The molecule has 0 heterocycles. The molecule has 1 radical (unpaired) electrons. The number of aliphatic imine (C=N–C) groups is 1. The zero-order valence-electron chi connectivity index (χ0n) is 9.30. The van der Waals surface area contributed by atoms with Crippen molar-refractivity contribution in [2.24, 2.45) is 4.99 Å². The molecule has 1 rings (SSSR count). The smallest absolute Gasteiger partial charge is 0.282 e. The van der Waals surface area contributed by atoms with Crippen LogP contribution in [0.25, 0.3) is 0 Å². The summed E-state index contributed by atoms with van der Waals surface area (Å²) in [7, 11) is 1.83. The van der Waals surface area contributed by atoms with Crippen LogP contribution in [0, 0.1) is 0 Å². The monoisotopic (exact) mass is 209 g/mol. The highest BCUT2D eigenvalue weighted by molar-refractivity contribution is 6.46. The van der Waals surface area contributed by atoms with Gasteiger partial charge in [0.25, 0.3) is 7.41 Å². The standard InChI is InChI=1S/C13H14BN2/c1-2-11-15-12-7-6-10-14-16-13-8-4-3-5-9-13/h2-5,7-12,16H,1H3/b11-2-,15-12?. The Morgan fingerprint density at radius 3 is 2.88 bits per heavy atom. The first-order valence-electron chi connectivity index (χ1n) is 5.12. The van der Waals surface area contributed by atoms with Crippen molar-refractivity contribution < 1.29 is 0 Å². The van der Waals surface area contributed by atoms with E-state index < -0.39 is 0 Å². The number of nitrogens with one attached hydrogen (secondary N) is 1. The van der Waals surface area contributed by atoms with Gasteiger partial charge in [-0.3, -0.25) is 4.99 Å². The lowest BCUT2D eigenvalue weighted by Crippen LogP contribution is -2.01. The van der Waals surface area contributed by atoms with Crippen molar-refractivity contribution in [3.63, 3.8) is 0 Å². The molecule has 0 aromatic heterocycles. The molecule has 0 unspecified atom stereocenters. The summed E-state index contributed by atoms with van der Waals surface area (Å²) in [6.45, 7) is 1.93. The maximum Gasteiger partial charge on any atom is 0.282 e. The van der Waals surface area contributed by atoms with Gasteiger partial charge in [0.05, 0.1) is 0 Å². The molecule has 0 aliphatic carbocycles. The molecule has 0 amide bonds. The van der Waals surface area contributed by atoms with E-state index >= 15 is 0 Å². The maximum absolute atomic E-state index is 3.97. The van der Waals surface area contributed by atoms with Crippen LogP contribution in [0.2, 0.25) is 0 Å². The van der Waals surface area contributed by atoms with Crippen molar-refractivity contribution in [2.45, 2.75) is 6.92 Å². The molecular formula is C13H14BN2. The van der Waals surface area contributed by atoms with Crippen LogP contribution in [0.1, 0.15) is 6.92 Å². The van der Waals surface area contributed by atoms with E-state index in [-0.39, 0.29) is 0 Å². The van der Waals surface area contributed by atoms with E-state index in [1.54, 1.807) is 24.5 Å². The van der Waals surface area contributed by atoms with E-state index in [4.69, 9.17) is 0 Å². The summed E-state index contributed by atoms with van der Waals surface area (Å²) in [5.74, 6) is 1.80. The van der Waals surface area contributed by atoms with Gasteiger partial charge >= 0.3 is 0 Å². The van der Waals surface area contributed by atoms with Crippen LogP contribution in [0.15, 0.2) is 65.4 Å². The Bertz CT molecular complexity index is 401. The van der Waals surface area contributed by atoms with E-state index in [2.05, 4.69) is 16.0 Å². The zero-order valence-corrected chi connectivity index (χ0v) is 9.30. The average Bonchev–Trinajstić information content (AvgIpc) is 2.34. The molecule has 1 aromatic carbocycles. The third kappa shape index (κ3) is 5.68. The lowest BCUT2D eigenvalue weighted by atomic mass is 9.94. The number of hydrogen-bond donors (Lipinski definition) is 1. The minimum Gasteiger partial charge on any atom is -0.428 e. The maximum atomic E-state index is 3.97.